The van der Waals surface area contributed by atoms with Crippen LogP contribution in [0.5, 0.6) is 0 Å². The van der Waals surface area contributed by atoms with Gasteiger partial charge in [0.25, 0.3) is 11.7 Å². The van der Waals surface area contributed by atoms with E-state index in [1.54, 1.807) is 30.3 Å². The number of dihydropyridines is 1. The molecule has 3 rings (SSSR count). The first-order chi connectivity index (χ1) is 11.2. The SMILES string of the molecule is O=C(NCc1ccc(-c2nncnn2)cc1)C1(F)C=CC=CN1. The van der Waals surface area contributed by atoms with Crippen LogP contribution in [0.15, 0.2) is 55.0 Å². The van der Waals surface area contributed by atoms with Crippen molar-refractivity contribution in [2.24, 2.45) is 0 Å². The van der Waals surface area contributed by atoms with Crippen molar-refractivity contribution in [3.63, 3.8) is 0 Å². The molecule has 1 atom stereocenters. The van der Waals surface area contributed by atoms with Crippen molar-refractivity contribution in [3.8, 4) is 11.4 Å². The van der Waals surface area contributed by atoms with Crippen LogP contribution in [0, 0.1) is 0 Å². The Morgan fingerprint density at radius 3 is 2.57 bits per heavy atom. The molecule has 23 heavy (non-hydrogen) atoms. The zero-order valence-electron chi connectivity index (χ0n) is 12.0. The van der Waals surface area contributed by atoms with Gasteiger partial charge in [-0.25, -0.2) is 4.39 Å². The molecule has 1 aliphatic rings. The number of amides is 1. The van der Waals surface area contributed by atoms with Crippen molar-refractivity contribution < 1.29 is 9.18 Å². The molecule has 0 saturated carbocycles. The van der Waals surface area contributed by atoms with Gasteiger partial charge >= 0.3 is 0 Å². The van der Waals surface area contributed by atoms with Crippen molar-refractivity contribution in [1.82, 2.24) is 31.0 Å². The molecule has 0 saturated heterocycles. The maximum absolute atomic E-state index is 14.3. The Labute approximate surface area is 131 Å². The van der Waals surface area contributed by atoms with Gasteiger partial charge in [-0.15, -0.1) is 20.4 Å². The van der Waals surface area contributed by atoms with E-state index in [-0.39, 0.29) is 6.54 Å². The number of carbonyl (C=O) groups is 1. The number of nitrogens with zero attached hydrogens (tertiary/aromatic N) is 4. The first-order valence-electron chi connectivity index (χ1n) is 6.86. The van der Waals surface area contributed by atoms with E-state index in [1.807, 2.05) is 0 Å². The summed E-state index contributed by atoms with van der Waals surface area (Å²) in [6.07, 6.45) is 6.89. The van der Waals surface area contributed by atoms with Crippen LogP contribution >= 0.6 is 0 Å². The van der Waals surface area contributed by atoms with Gasteiger partial charge < -0.3 is 10.6 Å². The number of nitrogens with one attached hydrogen (secondary N) is 2. The van der Waals surface area contributed by atoms with Crippen molar-refractivity contribution in [3.05, 3.63) is 60.6 Å². The Morgan fingerprint density at radius 1 is 1.17 bits per heavy atom. The molecule has 0 bridgehead atoms. The minimum atomic E-state index is -2.22. The summed E-state index contributed by atoms with van der Waals surface area (Å²) in [4.78, 5) is 11.9. The summed E-state index contributed by atoms with van der Waals surface area (Å²) in [5, 5.41) is 20.0. The molecule has 2 heterocycles. The van der Waals surface area contributed by atoms with Crippen LogP contribution in [0.1, 0.15) is 5.56 Å². The largest absolute Gasteiger partial charge is 0.349 e. The molecule has 2 N–H and O–H groups in total. The number of halogens is 1. The molecular weight excluding hydrogens is 299 g/mol. The number of hydrogen-bond acceptors (Lipinski definition) is 6. The summed E-state index contributed by atoms with van der Waals surface area (Å²) in [6, 6.07) is 7.15. The average molecular weight is 312 g/mol. The second-order valence-electron chi connectivity index (χ2n) is 4.82. The number of benzene rings is 1. The van der Waals surface area contributed by atoms with Crippen molar-refractivity contribution in [1.29, 1.82) is 0 Å². The third kappa shape index (κ3) is 3.37. The van der Waals surface area contributed by atoms with E-state index in [0.717, 1.165) is 17.2 Å². The van der Waals surface area contributed by atoms with Gasteiger partial charge in [0.1, 0.15) is 0 Å². The van der Waals surface area contributed by atoms with E-state index in [4.69, 9.17) is 0 Å². The summed E-state index contributed by atoms with van der Waals surface area (Å²) in [5.74, 6) is -2.56. The molecule has 0 radical (unpaired) electrons. The fourth-order valence-corrected chi connectivity index (χ4v) is 2.00. The van der Waals surface area contributed by atoms with Gasteiger partial charge in [-0.05, 0) is 23.9 Å². The summed E-state index contributed by atoms with van der Waals surface area (Å²) in [6.45, 7) is 0.205. The van der Waals surface area contributed by atoms with Gasteiger partial charge in [0.05, 0.1) is 0 Å². The molecular formula is C15H13FN6O. The zero-order chi connectivity index (χ0) is 16.1. The van der Waals surface area contributed by atoms with Crippen LogP contribution in [0.3, 0.4) is 0 Å². The van der Waals surface area contributed by atoms with E-state index in [0.29, 0.717) is 5.82 Å². The molecule has 1 amide bonds. The van der Waals surface area contributed by atoms with E-state index >= 15 is 0 Å². The molecule has 1 unspecified atom stereocenters. The number of allylic oxidation sites excluding steroid dienone is 2. The Balaban J connectivity index is 1.62. The molecule has 0 fully saturated rings. The molecule has 8 heteroatoms. The van der Waals surface area contributed by atoms with Gasteiger partial charge in [0.15, 0.2) is 6.33 Å². The first kappa shape index (κ1) is 14.8. The first-order valence-corrected chi connectivity index (χ1v) is 6.86. The minimum Gasteiger partial charge on any atom is -0.349 e. The maximum atomic E-state index is 14.3. The van der Waals surface area contributed by atoms with Gasteiger partial charge in [-0.2, -0.15) is 0 Å². The fourth-order valence-electron chi connectivity index (χ4n) is 2.00. The average Bonchev–Trinajstić information content (AvgIpc) is 2.61. The summed E-state index contributed by atoms with van der Waals surface area (Å²) in [5.41, 5.74) is 1.57. The third-order valence-electron chi connectivity index (χ3n) is 3.23. The fraction of sp³-hybridized carbons (Fsp3) is 0.133. The highest BCUT2D eigenvalue weighted by Crippen LogP contribution is 2.15. The highest BCUT2D eigenvalue weighted by Gasteiger charge is 2.35. The molecule has 0 spiro atoms. The second kappa shape index (κ2) is 6.30. The predicted octanol–water partition coefficient (Wildman–Crippen LogP) is 0.889. The Kier molecular flexibility index (Phi) is 4.05. The molecule has 1 aromatic heterocycles. The summed E-state index contributed by atoms with van der Waals surface area (Å²) < 4.78 is 14.3. The summed E-state index contributed by atoms with van der Waals surface area (Å²) >= 11 is 0. The third-order valence-corrected chi connectivity index (χ3v) is 3.23. The Hall–Kier alpha value is -3.16. The standard InChI is InChI=1S/C15H13FN6O/c16-15(7-1-2-8-18-15)14(23)17-9-11-3-5-12(6-4-11)13-21-19-10-20-22-13/h1-8,10,18H,9H2,(H,17,23). The van der Waals surface area contributed by atoms with Gasteiger partial charge in [-0.3, -0.25) is 4.79 Å². The topological polar surface area (TPSA) is 92.7 Å². The Morgan fingerprint density at radius 2 is 1.91 bits per heavy atom. The van der Waals surface area contributed by atoms with Gasteiger partial charge in [-0.1, -0.05) is 30.3 Å². The lowest BCUT2D eigenvalue weighted by Gasteiger charge is -2.22. The van der Waals surface area contributed by atoms with Gasteiger partial charge in [0, 0.05) is 12.1 Å². The van der Waals surface area contributed by atoms with Crippen LogP contribution in [0.25, 0.3) is 11.4 Å². The predicted molar refractivity (Wildman–Crippen MR) is 80.2 cm³/mol. The van der Waals surface area contributed by atoms with E-state index < -0.39 is 11.7 Å². The Bertz CT molecular complexity index is 746. The van der Waals surface area contributed by atoms with Crippen molar-refractivity contribution >= 4 is 5.91 Å². The number of carbonyl (C=O) groups excluding carboxylic acids is 1. The number of alkyl halides is 1. The molecule has 1 aromatic carbocycles. The monoisotopic (exact) mass is 312 g/mol. The number of hydrogen-bond donors (Lipinski definition) is 2. The molecule has 0 aliphatic carbocycles. The number of rotatable bonds is 4. The van der Waals surface area contributed by atoms with Crippen molar-refractivity contribution in [2.45, 2.75) is 12.3 Å². The molecule has 1 aliphatic heterocycles. The highest BCUT2D eigenvalue weighted by atomic mass is 19.1. The van der Waals surface area contributed by atoms with Crippen LogP contribution < -0.4 is 10.6 Å². The highest BCUT2D eigenvalue weighted by molar-refractivity contribution is 5.87. The normalized spacial score (nSPS) is 19.2. The molecule has 2 aromatic rings. The lowest BCUT2D eigenvalue weighted by atomic mass is 10.1. The quantitative estimate of drug-likeness (QED) is 0.815. The van der Waals surface area contributed by atoms with Crippen LogP contribution in [0.2, 0.25) is 0 Å². The molecule has 116 valence electrons. The van der Waals surface area contributed by atoms with Crippen LogP contribution in [-0.4, -0.2) is 32.1 Å². The van der Waals surface area contributed by atoms with Crippen LogP contribution in [-0.2, 0) is 11.3 Å². The molecule has 7 nitrogen and oxygen atoms in total. The van der Waals surface area contributed by atoms with Crippen LogP contribution in [0.4, 0.5) is 4.39 Å². The van der Waals surface area contributed by atoms with E-state index in [1.165, 1.54) is 18.6 Å². The lowest BCUT2D eigenvalue weighted by Crippen LogP contribution is -2.50. The number of aromatic nitrogens is 4. The van der Waals surface area contributed by atoms with E-state index in [9.17, 15) is 9.18 Å². The summed E-state index contributed by atoms with van der Waals surface area (Å²) in [7, 11) is 0. The minimum absolute atomic E-state index is 0.205. The van der Waals surface area contributed by atoms with Crippen molar-refractivity contribution in [2.75, 3.05) is 0 Å². The second-order valence-corrected chi connectivity index (χ2v) is 4.82. The maximum Gasteiger partial charge on any atom is 0.283 e. The smallest absolute Gasteiger partial charge is 0.283 e. The zero-order valence-corrected chi connectivity index (χ0v) is 12.0. The van der Waals surface area contributed by atoms with E-state index in [2.05, 4.69) is 31.0 Å². The lowest BCUT2D eigenvalue weighted by molar-refractivity contribution is -0.131. The van der Waals surface area contributed by atoms with Gasteiger partial charge in [0.2, 0.25) is 5.82 Å².